The molecule has 1 N–H and O–H groups in total. The Hall–Kier alpha value is -2.30. The standard InChI is InChI=1S/C16H11FN4O2S3/c1-21-14(23)9-4-5-24-13(9)20-16(21)25-7-12(22)19-15-18-10-3-2-8(17)6-11(10)26-15/h2-6H,7H2,1H3,(H,18,19,22). The first-order chi connectivity index (χ1) is 12.5. The van der Waals surface area contributed by atoms with Gasteiger partial charge in [0.2, 0.25) is 5.91 Å². The number of hydrogen-bond donors (Lipinski definition) is 1. The lowest BCUT2D eigenvalue weighted by Gasteiger charge is -2.06. The number of thioether (sulfide) groups is 1. The first kappa shape index (κ1) is 17.1. The number of amides is 1. The van der Waals surface area contributed by atoms with Gasteiger partial charge in [0.15, 0.2) is 10.3 Å². The molecule has 0 aliphatic rings. The van der Waals surface area contributed by atoms with Crippen molar-refractivity contribution < 1.29 is 9.18 Å². The molecule has 3 aromatic heterocycles. The molecule has 0 aliphatic carbocycles. The van der Waals surface area contributed by atoms with Crippen LogP contribution in [0.5, 0.6) is 0 Å². The molecule has 10 heteroatoms. The molecule has 4 rings (SSSR count). The Kier molecular flexibility index (Phi) is 4.47. The van der Waals surface area contributed by atoms with E-state index in [2.05, 4.69) is 15.3 Å². The average molecular weight is 406 g/mol. The van der Waals surface area contributed by atoms with E-state index in [-0.39, 0.29) is 23.0 Å². The van der Waals surface area contributed by atoms with E-state index >= 15 is 0 Å². The highest BCUT2D eigenvalue weighted by atomic mass is 32.2. The Morgan fingerprint density at radius 3 is 3.04 bits per heavy atom. The molecule has 0 unspecified atom stereocenters. The van der Waals surface area contributed by atoms with Gasteiger partial charge in [-0.05, 0) is 29.6 Å². The fourth-order valence-corrected chi connectivity index (χ4v) is 4.83. The fraction of sp³-hybridized carbons (Fsp3) is 0.125. The minimum Gasteiger partial charge on any atom is -0.301 e. The third-order valence-electron chi connectivity index (χ3n) is 3.59. The number of halogens is 1. The topological polar surface area (TPSA) is 76.9 Å². The Morgan fingerprint density at radius 2 is 2.19 bits per heavy atom. The summed E-state index contributed by atoms with van der Waals surface area (Å²) in [5, 5.41) is 5.98. The number of thiophene rings is 1. The molecule has 0 aliphatic heterocycles. The number of fused-ring (bicyclic) bond motifs is 2. The molecule has 132 valence electrons. The molecule has 4 aromatic rings. The Morgan fingerprint density at radius 1 is 1.35 bits per heavy atom. The predicted molar refractivity (Wildman–Crippen MR) is 104 cm³/mol. The Bertz CT molecular complexity index is 1200. The van der Waals surface area contributed by atoms with E-state index in [0.717, 1.165) is 0 Å². The van der Waals surface area contributed by atoms with Crippen LogP contribution in [0.4, 0.5) is 9.52 Å². The van der Waals surface area contributed by atoms with Gasteiger partial charge in [-0.3, -0.25) is 14.2 Å². The van der Waals surface area contributed by atoms with E-state index < -0.39 is 0 Å². The van der Waals surface area contributed by atoms with Crippen molar-refractivity contribution in [2.24, 2.45) is 7.05 Å². The van der Waals surface area contributed by atoms with E-state index in [1.165, 1.54) is 51.1 Å². The van der Waals surface area contributed by atoms with E-state index in [4.69, 9.17) is 0 Å². The van der Waals surface area contributed by atoms with Crippen molar-refractivity contribution in [1.29, 1.82) is 0 Å². The zero-order chi connectivity index (χ0) is 18.3. The number of thiazole rings is 1. The lowest BCUT2D eigenvalue weighted by atomic mass is 10.3. The van der Waals surface area contributed by atoms with Crippen molar-refractivity contribution in [2.45, 2.75) is 5.16 Å². The Balaban J connectivity index is 1.48. The molecule has 0 saturated heterocycles. The van der Waals surface area contributed by atoms with Gasteiger partial charge in [0.25, 0.3) is 5.56 Å². The van der Waals surface area contributed by atoms with Crippen LogP contribution < -0.4 is 10.9 Å². The zero-order valence-corrected chi connectivity index (χ0v) is 15.8. The molecule has 6 nitrogen and oxygen atoms in total. The van der Waals surface area contributed by atoms with E-state index in [1.54, 1.807) is 19.2 Å². The molecule has 0 saturated carbocycles. The normalized spacial score (nSPS) is 11.3. The van der Waals surface area contributed by atoms with Crippen LogP contribution >= 0.6 is 34.4 Å². The van der Waals surface area contributed by atoms with Gasteiger partial charge in [-0.15, -0.1) is 11.3 Å². The van der Waals surface area contributed by atoms with Crippen LogP contribution in [0.1, 0.15) is 0 Å². The van der Waals surface area contributed by atoms with Crippen molar-refractivity contribution >= 4 is 65.9 Å². The summed E-state index contributed by atoms with van der Waals surface area (Å²) in [6.07, 6.45) is 0. The molecule has 1 aromatic carbocycles. The maximum absolute atomic E-state index is 13.2. The monoisotopic (exact) mass is 406 g/mol. The third kappa shape index (κ3) is 3.22. The van der Waals surface area contributed by atoms with E-state index in [1.807, 2.05) is 5.38 Å². The Labute approximate surface area is 158 Å². The number of anilines is 1. The molecule has 0 atom stereocenters. The minimum absolute atomic E-state index is 0.0848. The molecule has 0 radical (unpaired) electrons. The summed E-state index contributed by atoms with van der Waals surface area (Å²) in [4.78, 5) is 33.8. The molecule has 1 amide bonds. The second-order valence-electron chi connectivity index (χ2n) is 5.37. The molecule has 0 fully saturated rings. The van der Waals surface area contributed by atoms with Crippen LogP contribution in [0.2, 0.25) is 0 Å². The van der Waals surface area contributed by atoms with Crippen LogP contribution in [-0.2, 0) is 11.8 Å². The summed E-state index contributed by atoms with van der Waals surface area (Å²) in [5.41, 5.74) is 0.499. The van der Waals surface area contributed by atoms with Crippen molar-refractivity contribution in [3.05, 3.63) is 45.8 Å². The summed E-state index contributed by atoms with van der Waals surface area (Å²) < 4.78 is 15.3. The highest BCUT2D eigenvalue weighted by molar-refractivity contribution is 7.99. The average Bonchev–Trinajstić information content (AvgIpc) is 3.22. The van der Waals surface area contributed by atoms with Crippen LogP contribution in [0, 0.1) is 5.82 Å². The number of carbonyl (C=O) groups excluding carboxylic acids is 1. The van der Waals surface area contributed by atoms with Crippen molar-refractivity contribution in [1.82, 2.24) is 14.5 Å². The SMILES string of the molecule is Cn1c(SCC(=O)Nc2nc3ccc(F)cc3s2)nc2sccc2c1=O. The predicted octanol–water partition coefficient (Wildman–Crippen LogP) is 3.47. The van der Waals surface area contributed by atoms with Gasteiger partial charge in [-0.2, -0.15) is 0 Å². The molecule has 0 spiro atoms. The number of rotatable bonds is 4. The number of benzene rings is 1. The second-order valence-corrected chi connectivity index (χ2v) is 8.23. The summed E-state index contributed by atoms with van der Waals surface area (Å²) in [5.74, 6) is -0.526. The first-order valence-electron chi connectivity index (χ1n) is 7.44. The molecule has 0 bridgehead atoms. The van der Waals surface area contributed by atoms with Crippen LogP contribution in [0.3, 0.4) is 0 Å². The molecule has 26 heavy (non-hydrogen) atoms. The maximum atomic E-state index is 13.2. The van der Waals surface area contributed by atoms with Gasteiger partial charge in [-0.25, -0.2) is 14.4 Å². The van der Waals surface area contributed by atoms with Crippen molar-refractivity contribution in [2.75, 3.05) is 11.1 Å². The number of nitrogens with zero attached hydrogens (tertiary/aromatic N) is 3. The third-order valence-corrected chi connectivity index (χ3v) is 6.36. The maximum Gasteiger partial charge on any atom is 0.262 e. The fourth-order valence-electron chi connectivity index (χ4n) is 2.35. The van der Waals surface area contributed by atoms with Crippen LogP contribution in [0.25, 0.3) is 20.4 Å². The van der Waals surface area contributed by atoms with E-state index in [9.17, 15) is 14.0 Å². The van der Waals surface area contributed by atoms with Gasteiger partial charge in [-0.1, -0.05) is 23.1 Å². The summed E-state index contributed by atoms with van der Waals surface area (Å²) in [6.45, 7) is 0. The number of hydrogen-bond acceptors (Lipinski definition) is 7. The summed E-state index contributed by atoms with van der Waals surface area (Å²) in [7, 11) is 1.63. The summed E-state index contributed by atoms with van der Waals surface area (Å²) >= 11 is 3.78. The van der Waals surface area contributed by atoms with Crippen molar-refractivity contribution in [3.8, 4) is 0 Å². The number of carbonyl (C=O) groups is 1. The smallest absolute Gasteiger partial charge is 0.262 e. The molecule has 3 heterocycles. The minimum atomic E-state index is -0.342. The highest BCUT2D eigenvalue weighted by Gasteiger charge is 2.13. The largest absolute Gasteiger partial charge is 0.301 e. The van der Waals surface area contributed by atoms with Gasteiger partial charge in [0, 0.05) is 7.05 Å². The molecular formula is C16H11FN4O2S3. The zero-order valence-electron chi connectivity index (χ0n) is 13.4. The summed E-state index contributed by atoms with van der Waals surface area (Å²) in [6, 6.07) is 6.03. The molecular weight excluding hydrogens is 395 g/mol. The van der Waals surface area contributed by atoms with Crippen LogP contribution in [-0.4, -0.2) is 26.2 Å². The van der Waals surface area contributed by atoms with Gasteiger partial charge < -0.3 is 5.32 Å². The van der Waals surface area contributed by atoms with Gasteiger partial charge in [0.05, 0.1) is 21.4 Å². The number of aromatic nitrogens is 3. The first-order valence-corrected chi connectivity index (χ1v) is 10.1. The van der Waals surface area contributed by atoms with Crippen molar-refractivity contribution in [3.63, 3.8) is 0 Å². The quantitative estimate of drug-likeness (QED) is 0.415. The van der Waals surface area contributed by atoms with Crippen LogP contribution in [0.15, 0.2) is 39.6 Å². The lowest BCUT2D eigenvalue weighted by molar-refractivity contribution is -0.113. The highest BCUT2D eigenvalue weighted by Crippen LogP contribution is 2.27. The lowest BCUT2D eigenvalue weighted by Crippen LogP contribution is -2.20. The van der Waals surface area contributed by atoms with Gasteiger partial charge in [0.1, 0.15) is 10.6 Å². The van der Waals surface area contributed by atoms with E-state index in [0.29, 0.717) is 30.7 Å². The van der Waals surface area contributed by atoms with Gasteiger partial charge >= 0.3 is 0 Å². The number of nitrogens with one attached hydrogen (secondary N) is 1. The second kappa shape index (κ2) is 6.78.